The quantitative estimate of drug-likeness (QED) is 0.820. The molecule has 17 heavy (non-hydrogen) atoms. The molecule has 0 saturated heterocycles. The number of aromatic nitrogens is 1. The molecule has 2 aromatic rings. The van der Waals surface area contributed by atoms with E-state index >= 15 is 0 Å². The lowest BCUT2D eigenvalue weighted by Crippen LogP contribution is -2.15. The molecule has 2 N–H and O–H groups in total. The SMILES string of the molecule is CC(C)(C)c1cc(CN)c2cc(F)ccc2n1. The van der Waals surface area contributed by atoms with E-state index in [4.69, 9.17) is 5.73 Å². The molecule has 0 amide bonds. The van der Waals surface area contributed by atoms with Crippen LogP contribution in [0.3, 0.4) is 0 Å². The Balaban J connectivity index is 2.75. The molecule has 0 spiro atoms. The van der Waals surface area contributed by atoms with Crippen molar-refractivity contribution >= 4 is 10.9 Å². The maximum Gasteiger partial charge on any atom is 0.123 e. The smallest absolute Gasteiger partial charge is 0.123 e. The van der Waals surface area contributed by atoms with Gasteiger partial charge < -0.3 is 5.73 Å². The molecule has 0 aliphatic carbocycles. The van der Waals surface area contributed by atoms with Crippen LogP contribution in [0.4, 0.5) is 4.39 Å². The van der Waals surface area contributed by atoms with E-state index in [0.29, 0.717) is 6.54 Å². The Hall–Kier alpha value is -1.48. The minimum Gasteiger partial charge on any atom is -0.326 e. The predicted octanol–water partition coefficient (Wildman–Crippen LogP) is 3.13. The maximum absolute atomic E-state index is 13.2. The third-order valence-corrected chi connectivity index (χ3v) is 2.84. The van der Waals surface area contributed by atoms with E-state index in [2.05, 4.69) is 25.8 Å². The molecule has 1 aromatic carbocycles. The van der Waals surface area contributed by atoms with Gasteiger partial charge in [0.25, 0.3) is 0 Å². The lowest BCUT2D eigenvalue weighted by Gasteiger charge is -2.19. The summed E-state index contributed by atoms with van der Waals surface area (Å²) in [7, 11) is 0. The molecule has 0 bridgehead atoms. The number of fused-ring (bicyclic) bond motifs is 1. The number of halogens is 1. The lowest BCUT2D eigenvalue weighted by atomic mass is 9.90. The van der Waals surface area contributed by atoms with Gasteiger partial charge in [0, 0.05) is 23.0 Å². The van der Waals surface area contributed by atoms with Crippen LogP contribution in [0.25, 0.3) is 10.9 Å². The molecule has 90 valence electrons. The maximum atomic E-state index is 13.2. The Labute approximate surface area is 101 Å². The first-order valence-corrected chi connectivity index (χ1v) is 5.71. The molecule has 0 aliphatic heterocycles. The molecule has 0 unspecified atom stereocenters. The van der Waals surface area contributed by atoms with Gasteiger partial charge in [-0.25, -0.2) is 4.39 Å². The van der Waals surface area contributed by atoms with Crippen LogP contribution in [-0.2, 0) is 12.0 Å². The topological polar surface area (TPSA) is 38.9 Å². The molecule has 2 nitrogen and oxygen atoms in total. The fraction of sp³-hybridized carbons (Fsp3) is 0.357. The van der Waals surface area contributed by atoms with Crippen molar-refractivity contribution in [2.45, 2.75) is 32.7 Å². The standard InChI is InChI=1S/C14H17FN2/c1-14(2,3)13-6-9(8-16)11-7-10(15)4-5-12(11)17-13/h4-7H,8,16H2,1-3H3. The van der Waals surface area contributed by atoms with Gasteiger partial charge >= 0.3 is 0 Å². The average molecular weight is 232 g/mol. The summed E-state index contributed by atoms with van der Waals surface area (Å²) in [4.78, 5) is 4.57. The van der Waals surface area contributed by atoms with Gasteiger partial charge in [0.2, 0.25) is 0 Å². The summed E-state index contributed by atoms with van der Waals surface area (Å²) in [6.07, 6.45) is 0. The lowest BCUT2D eigenvalue weighted by molar-refractivity contribution is 0.570. The summed E-state index contributed by atoms with van der Waals surface area (Å²) in [5, 5.41) is 0.806. The summed E-state index contributed by atoms with van der Waals surface area (Å²) in [5.41, 5.74) is 8.42. The van der Waals surface area contributed by atoms with Crippen LogP contribution in [0.5, 0.6) is 0 Å². The van der Waals surface area contributed by atoms with Crippen LogP contribution >= 0.6 is 0 Å². The van der Waals surface area contributed by atoms with E-state index < -0.39 is 0 Å². The largest absolute Gasteiger partial charge is 0.326 e. The molecule has 1 heterocycles. The fourth-order valence-electron chi connectivity index (χ4n) is 1.82. The van der Waals surface area contributed by atoms with Gasteiger partial charge in [-0.3, -0.25) is 4.98 Å². The summed E-state index contributed by atoms with van der Waals surface area (Å²) < 4.78 is 13.2. The van der Waals surface area contributed by atoms with Crippen molar-refractivity contribution in [3.8, 4) is 0 Å². The molecule has 0 radical (unpaired) electrons. The Kier molecular flexibility index (Phi) is 2.87. The second-order valence-electron chi connectivity index (χ2n) is 5.28. The van der Waals surface area contributed by atoms with E-state index in [9.17, 15) is 4.39 Å². The molecule has 0 atom stereocenters. The molecule has 1 aromatic heterocycles. The van der Waals surface area contributed by atoms with Crippen molar-refractivity contribution in [1.29, 1.82) is 0 Å². The highest BCUT2D eigenvalue weighted by molar-refractivity contribution is 5.82. The van der Waals surface area contributed by atoms with Crippen molar-refractivity contribution in [3.63, 3.8) is 0 Å². The number of pyridine rings is 1. The Morgan fingerprint density at radius 2 is 1.94 bits per heavy atom. The predicted molar refractivity (Wildman–Crippen MR) is 68.3 cm³/mol. The van der Waals surface area contributed by atoms with Crippen LogP contribution in [0.2, 0.25) is 0 Å². The van der Waals surface area contributed by atoms with Gasteiger partial charge in [0.05, 0.1) is 5.52 Å². The first-order valence-electron chi connectivity index (χ1n) is 5.71. The molecule has 0 aliphatic rings. The van der Waals surface area contributed by atoms with E-state index in [1.165, 1.54) is 12.1 Å². The first kappa shape index (κ1) is 12.0. The van der Waals surface area contributed by atoms with Gasteiger partial charge in [-0.15, -0.1) is 0 Å². The van der Waals surface area contributed by atoms with Gasteiger partial charge in [-0.2, -0.15) is 0 Å². The zero-order valence-electron chi connectivity index (χ0n) is 10.4. The Morgan fingerprint density at radius 3 is 2.53 bits per heavy atom. The zero-order valence-corrected chi connectivity index (χ0v) is 10.4. The zero-order chi connectivity index (χ0) is 12.6. The van der Waals surface area contributed by atoms with Crippen LogP contribution in [0.1, 0.15) is 32.0 Å². The highest BCUT2D eigenvalue weighted by Gasteiger charge is 2.17. The van der Waals surface area contributed by atoms with Crippen molar-refractivity contribution in [1.82, 2.24) is 4.98 Å². The van der Waals surface area contributed by atoms with Crippen LogP contribution in [-0.4, -0.2) is 4.98 Å². The highest BCUT2D eigenvalue weighted by atomic mass is 19.1. The number of benzene rings is 1. The Morgan fingerprint density at radius 1 is 1.24 bits per heavy atom. The monoisotopic (exact) mass is 232 g/mol. The van der Waals surface area contributed by atoms with E-state index in [-0.39, 0.29) is 11.2 Å². The molecular formula is C14H17FN2. The van der Waals surface area contributed by atoms with Gasteiger partial charge in [-0.1, -0.05) is 20.8 Å². The average Bonchev–Trinajstić information content (AvgIpc) is 2.26. The van der Waals surface area contributed by atoms with Gasteiger partial charge in [-0.05, 0) is 29.8 Å². The normalized spacial score (nSPS) is 12.1. The third-order valence-electron chi connectivity index (χ3n) is 2.84. The van der Waals surface area contributed by atoms with Crippen LogP contribution in [0.15, 0.2) is 24.3 Å². The van der Waals surface area contributed by atoms with Crippen molar-refractivity contribution < 1.29 is 4.39 Å². The summed E-state index contributed by atoms with van der Waals surface area (Å²) in [6.45, 7) is 6.70. The van der Waals surface area contributed by atoms with E-state index in [1.54, 1.807) is 6.07 Å². The molecular weight excluding hydrogens is 215 g/mol. The molecule has 0 fully saturated rings. The number of nitrogens with zero attached hydrogens (tertiary/aromatic N) is 1. The third kappa shape index (κ3) is 2.29. The van der Waals surface area contributed by atoms with Gasteiger partial charge in [0.1, 0.15) is 5.82 Å². The van der Waals surface area contributed by atoms with E-state index in [0.717, 1.165) is 22.2 Å². The second kappa shape index (κ2) is 4.08. The van der Waals surface area contributed by atoms with E-state index in [1.807, 2.05) is 6.07 Å². The number of nitrogens with two attached hydrogens (primary N) is 1. The minimum atomic E-state index is -0.252. The summed E-state index contributed by atoms with van der Waals surface area (Å²) in [6, 6.07) is 6.61. The summed E-state index contributed by atoms with van der Waals surface area (Å²) >= 11 is 0. The number of rotatable bonds is 1. The molecule has 0 saturated carbocycles. The van der Waals surface area contributed by atoms with Crippen molar-refractivity contribution in [3.05, 3.63) is 41.3 Å². The van der Waals surface area contributed by atoms with Crippen molar-refractivity contribution in [2.75, 3.05) is 0 Å². The highest BCUT2D eigenvalue weighted by Crippen LogP contribution is 2.26. The Bertz CT molecular complexity index is 556. The van der Waals surface area contributed by atoms with Crippen LogP contribution in [0, 0.1) is 5.82 Å². The minimum absolute atomic E-state index is 0.0352. The van der Waals surface area contributed by atoms with Crippen LogP contribution < -0.4 is 5.73 Å². The van der Waals surface area contributed by atoms with Gasteiger partial charge in [0.15, 0.2) is 0 Å². The molecule has 2 rings (SSSR count). The number of hydrogen-bond acceptors (Lipinski definition) is 2. The van der Waals surface area contributed by atoms with Crippen molar-refractivity contribution in [2.24, 2.45) is 5.73 Å². The second-order valence-corrected chi connectivity index (χ2v) is 5.28. The number of hydrogen-bond donors (Lipinski definition) is 1. The fourth-order valence-corrected chi connectivity index (χ4v) is 1.82. The first-order chi connectivity index (χ1) is 7.91. The summed E-state index contributed by atoms with van der Waals surface area (Å²) in [5.74, 6) is -0.252. The molecule has 3 heteroatoms.